The minimum absolute atomic E-state index is 0.229. The minimum Gasteiger partial charge on any atom is -0.375 e. The van der Waals surface area contributed by atoms with Gasteiger partial charge in [-0.25, -0.2) is 5.48 Å². The number of carbonyl (C=O) groups is 2. The summed E-state index contributed by atoms with van der Waals surface area (Å²) >= 11 is 0. The number of benzene rings is 2. The normalized spacial score (nSPS) is 23.6. The molecule has 1 aromatic heterocycles. The molecule has 1 aliphatic heterocycles. The largest absolute Gasteiger partial charge is 0.375 e. The second-order valence-electron chi connectivity index (χ2n) is 10.0. The van der Waals surface area contributed by atoms with Crippen LogP contribution in [-0.4, -0.2) is 40.3 Å². The van der Waals surface area contributed by atoms with Crippen molar-refractivity contribution in [1.82, 2.24) is 15.8 Å². The molecule has 0 radical (unpaired) electrons. The average Bonchev–Trinajstić information content (AvgIpc) is 3.45. The molecule has 2 fully saturated rings. The summed E-state index contributed by atoms with van der Waals surface area (Å²) < 4.78 is 5.95. The highest BCUT2D eigenvalue weighted by Gasteiger charge is 2.51. The maximum absolute atomic E-state index is 13.0. The van der Waals surface area contributed by atoms with Crippen molar-refractivity contribution >= 4 is 22.7 Å². The zero-order chi connectivity index (χ0) is 24.6. The van der Waals surface area contributed by atoms with Gasteiger partial charge < -0.3 is 10.1 Å². The van der Waals surface area contributed by atoms with E-state index in [0.717, 1.165) is 41.4 Å². The van der Waals surface area contributed by atoms with Gasteiger partial charge >= 0.3 is 0 Å². The van der Waals surface area contributed by atoms with E-state index in [-0.39, 0.29) is 17.6 Å². The molecular weight excluding hydrogens is 442 g/mol. The number of hydrogen-bond donors (Lipinski definition) is 3. The molecule has 2 heterocycles. The predicted octanol–water partition coefficient (Wildman–Crippen LogP) is 4.01. The molecule has 7 nitrogen and oxygen atoms in total. The number of aryl methyl sites for hydroxylation is 2. The molecule has 35 heavy (non-hydrogen) atoms. The Morgan fingerprint density at radius 1 is 1.11 bits per heavy atom. The maximum atomic E-state index is 13.0. The smallest absolute Gasteiger partial charge is 0.251 e. The topological polar surface area (TPSA) is 101 Å². The van der Waals surface area contributed by atoms with Gasteiger partial charge in [0, 0.05) is 29.3 Å². The molecule has 2 amide bonds. The number of pyridine rings is 1. The molecular formula is C28H31N3O4. The van der Waals surface area contributed by atoms with Crippen LogP contribution in [0.3, 0.4) is 0 Å². The zero-order valence-corrected chi connectivity index (χ0v) is 20.1. The highest BCUT2D eigenvalue weighted by molar-refractivity contribution is 5.95. The van der Waals surface area contributed by atoms with E-state index in [4.69, 9.17) is 4.74 Å². The van der Waals surface area contributed by atoms with E-state index >= 15 is 0 Å². The predicted molar refractivity (Wildman–Crippen MR) is 132 cm³/mol. The Bertz CT molecular complexity index is 1270. The summed E-state index contributed by atoms with van der Waals surface area (Å²) in [6.45, 7) is 4.75. The first kappa shape index (κ1) is 23.5. The lowest BCUT2D eigenvalue weighted by Gasteiger charge is -2.22. The second kappa shape index (κ2) is 9.40. The lowest BCUT2D eigenvalue weighted by Crippen LogP contribution is -2.43. The number of amides is 2. The van der Waals surface area contributed by atoms with Crippen LogP contribution in [0.1, 0.15) is 58.4 Å². The Balaban J connectivity index is 1.31. The van der Waals surface area contributed by atoms with Crippen molar-refractivity contribution in [3.05, 3.63) is 76.5 Å². The van der Waals surface area contributed by atoms with Crippen LogP contribution < -0.4 is 10.8 Å². The molecule has 1 aliphatic carbocycles. The number of nitrogens with zero attached hydrogens (tertiary/aromatic N) is 1. The second-order valence-corrected chi connectivity index (χ2v) is 10.0. The summed E-state index contributed by atoms with van der Waals surface area (Å²) in [5.41, 5.74) is 7.39. The maximum Gasteiger partial charge on any atom is 0.251 e. The van der Waals surface area contributed by atoms with Gasteiger partial charge in [0.05, 0.1) is 17.0 Å². The fraction of sp³-hybridized carbons (Fsp3) is 0.393. The van der Waals surface area contributed by atoms with Gasteiger partial charge in [0.25, 0.3) is 5.91 Å². The van der Waals surface area contributed by atoms with Crippen LogP contribution in [-0.2, 0) is 16.0 Å². The van der Waals surface area contributed by atoms with Crippen LogP contribution in [0.15, 0.2) is 48.5 Å². The third kappa shape index (κ3) is 4.79. The fourth-order valence-corrected chi connectivity index (χ4v) is 5.71. The number of hydrogen-bond acceptors (Lipinski definition) is 5. The molecule has 3 atom stereocenters. The van der Waals surface area contributed by atoms with E-state index in [2.05, 4.69) is 41.5 Å². The van der Waals surface area contributed by atoms with Gasteiger partial charge in [-0.05, 0) is 87.4 Å². The van der Waals surface area contributed by atoms with Crippen molar-refractivity contribution in [2.24, 2.45) is 5.92 Å². The molecule has 2 aromatic carbocycles. The van der Waals surface area contributed by atoms with Gasteiger partial charge in [-0.3, -0.25) is 19.8 Å². The van der Waals surface area contributed by atoms with Crippen molar-refractivity contribution in [2.75, 3.05) is 6.61 Å². The van der Waals surface area contributed by atoms with Crippen LogP contribution in [0.4, 0.5) is 0 Å². The summed E-state index contributed by atoms with van der Waals surface area (Å²) in [5.74, 6) is -1.23. The van der Waals surface area contributed by atoms with Crippen molar-refractivity contribution in [2.45, 2.75) is 57.6 Å². The SMILES string of the molecule is Cc1ccc2nc(C)cc(Cc3ccc(C(=O)N[C@@H]4C[C@@]5(CCCO5)C[C@@H]4C(=O)NO)cc3)c2c1. The molecule has 7 heteroatoms. The summed E-state index contributed by atoms with van der Waals surface area (Å²) in [7, 11) is 0. The lowest BCUT2D eigenvalue weighted by molar-refractivity contribution is -0.134. The summed E-state index contributed by atoms with van der Waals surface area (Å²) in [6, 6.07) is 15.6. The van der Waals surface area contributed by atoms with E-state index < -0.39 is 11.8 Å². The van der Waals surface area contributed by atoms with Crippen molar-refractivity contribution in [3.8, 4) is 0 Å². The fourth-order valence-electron chi connectivity index (χ4n) is 5.71. The number of rotatable bonds is 5. The Morgan fingerprint density at radius 2 is 1.91 bits per heavy atom. The minimum atomic E-state index is -0.520. The average molecular weight is 474 g/mol. The molecule has 0 unspecified atom stereocenters. The van der Waals surface area contributed by atoms with Crippen LogP contribution in [0.25, 0.3) is 10.9 Å². The Labute approximate surface area is 204 Å². The summed E-state index contributed by atoms with van der Waals surface area (Å²) in [6.07, 6.45) is 3.63. The monoisotopic (exact) mass is 473 g/mol. The van der Waals surface area contributed by atoms with E-state index in [0.29, 0.717) is 25.0 Å². The Kier molecular flexibility index (Phi) is 6.30. The highest BCUT2D eigenvalue weighted by Crippen LogP contribution is 2.44. The van der Waals surface area contributed by atoms with Crippen molar-refractivity contribution < 1.29 is 19.5 Å². The standard InChI is InChI=1S/C28H31N3O4/c1-17-4-9-24-22(12-17)21(13-18(2)29-24)14-19-5-7-20(8-6-19)26(32)30-25-16-28(10-3-11-35-28)15-23(25)27(33)31-34/h4-9,12-13,23,25,34H,3,10-11,14-16H2,1-2H3,(H,30,32)(H,31,33)/t23-,25+,28+/m0/s1. The van der Waals surface area contributed by atoms with Crippen molar-refractivity contribution in [3.63, 3.8) is 0 Å². The molecule has 0 bridgehead atoms. The molecule has 2 aliphatic rings. The summed E-state index contributed by atoms with van der Waals surface area (Å²) in [4.78, 5) is 29.9. The van der Waals surface area contributed by atoms with Gasteiger partial charge in [-0.15, -0.1) is 0 Å². The third-order valence-corrected chi connectivity index (χ3v) is 7.41. The number of nitrogens with one attached hydrogen (secondary N) is 2. The van der Waals surface area contributed by atoms with Gasteiger partial charge in [-0.1, -0.05) is 23.8 Å². The first-order chi connectivity index (χ1) is 16.9. The van der Waals surface area contributed by atoms with Crippen LogP contribution >= 0.6 is 0 Å². The molecule has 1 spiro atoms. The van der Waals surface area contributed by atoms with Crippen LogP contribution in [0.5, 0.6) is 0 Å². The van der Waals surface area contributed by atoms with E-state index in [1.165, 1.54) is 11.1 Å². The lowest BCUT2D eigenvalue weighted by atomic mass is 9.96. The molecule has 182 valence electrons. The van der Waals surface area contributed by atoms with Crippen LogP contribution in [0, 0.1) is 19.8 Å². The summed E-state index contributed by atoms with van der Waals surface area (Å²) in [5, 5.41) is 13.4. The number of ether oxygens (including phenoxy) is 1. The van der Waals surface area contributed by atoms with Gasteiger partial charge in [0.2, 0.25) is 5.91 Å². The Hall–Kier alpha value is -3.29. The molecule has 1 saturated heterocycles. The highest BCUT2D eigenvalue weighted by atomic mass is 16.5. The number of hydroxylamine groups is 1. The van der Waals surface area contributed by atoms with Gasteiger partial charge in [0.15, 0.2) is 0 Å². The molecule has 3 N–H and O–H groups in total. The quantitative estimate of drug-likeness (QED) is 0.384. The van der Waals surface area contributed by atoms with E-state index in [1.54, 1.807) is 5.48 Å². The number of carbonyl (C=O) groups excluding carboxylic acids is 2. The zero-order valence-electron chi connectivity index (χ0n) is 20.1. The van der Waals surface area contributed by atoms with E-state index in [1.807, 2.05) is 31.2 Å². The number of fused-ring (bicyclic) bond motifs is 1. The van der Waals surface area contributed by atoms with E-state index in [9.17, 15) is 14.8 Å². The third-order valence-electron chi connectivity index (χ3n) is 7.41. The van der Waals surface area contributed by atoms with Gasteiger partial charge in [0.1, 0.15) is 0 Å². The van der Waals surface area contributed by atoms with Gasteiger partial charge in [-0.2, -0.15) is 0 Å². The van der Waals surface area contributed by atoms with Crippen LogP contribution in [0.2, 0.25) is 0 Å². The molecule has 5 rings (SSSR count). The number of aromatic nitrogens is 1. The first-order valence-corrected chi connectivity index (χ1v) is 12.2. The Morgan fingerprint density at radius 3 is 2.63 bits per heavy atom. The first-order valence-electron chi connectivity index (χ1n) is 12.2. The van der Waals surface area contributed by atoms with Crippen molar-refractivity contribution in [1.29, 1.82) is 0 Å². The molecule has 1 saturated carbocycles. The molecule has 3 aromatic rings.